The number of carbonyl (C=O) groups excluding carboxylic acids is 1. The highest BCUT2D eigenvalue weighted by Gasteiger charge is 2.07. The Kier molecular flexibility index (Phi) is 8.47. The molecule has 0 amide bonds. The van der Waals surface area contributed by atoms with Crippen molar-refractivity contribution in [3.05, 3.63) is 29.3 Å². The molecule has 1 aromatic carbocycles. The average Bonchev–Trinajstić information content (AvgIpc) is 2.49. The van der Waals surface area contributed by atoms with E-state index >= 15 is 0 Å². The van der Waals surface area contributed by atoms with E-state index in [-0.39, 0.29) is 5.97 Å². The lowest BCUT2D eigenvalue weighted by atomic mass is 10.1. The third-order valence-corrected chi connectivity index (χ3v) is 3.09. The van der Waals surface area contributed by atoms with E-state index in [1.165, 1.54) is 7.11 Å². The Hall–Kier alpha value is -1.59. The summed E-state index contributed by atoms with van der Waals surface area (Å²) in [4.78, 5) is 11.1. The first-order valence-corrected chi connectivity index (χ1v) is 7.16. The third-order valence-electron chi connectivity index (χ3n) is 3.09. The van der Waals surface area contributed by atoms with Crippen LogP contribution >= 0.6 is 0 Å². The molecule has 5 heteroatoms. The molecule has 0 radical (unpaired) electrons. The van der Waals surface area contributed by atoms with E-state index < -0.39 is 0 Å². The molecule has 0 aliphatic rings. The Labute approximate surface area is 126 Å². The molecular formula is C16H25NO4. The minimum Gasteiger partial charge on any atom is -0.493 e. The Morgan fingerprint density at radius 2 is 2.05 bits per heavy atom. The fourth-order valence-corrected chi connectivity index (χ4v) is 1.95. The summed E-state index contributed by atoms with van der Waals surface area (Å²) in [5.41, 5.74) is 2.21. The molecule has 1 rings (SSSR count). The van der Waals surface area contributed by atoms with Crippen molar-refractivity contribution in [2.75, 3.05) is 34.0 Å². The molecule has 0 saturated carbocycles. The van der Waals surface area contributed by atoms with Gasteiger partial charge in [-0.15, -0.1) is 0 Å². The Balaban J connectivity index is 2.48. The monoisotopic (exact) mass is 295 g/mol. The second-order valence-electron chi connectivity index (χ2n) is 4.76. The summed E-state index contributed by atoms with van der Waals surface area (Å²) in [6.07, 6.45) is 1.03. The SMILES string of the molecule is COCCNCc1cccc(C)c1OCCCC(=O)OC. The largest absolute Gasteiger partial charge is 0.493 e. The van der Waals surface area contributed by atoms with Gasteiger partial charge in [0.15, 0.2) is 0 Å². The number of ether oxygens (including phenoxy) is 3. The molecule has 0 bridgehead atoms. The van der Waals surface area contributed by atoms with Crippen LogP contribution in [-0.4, -0.2) is 39.9 Å². The summed E-state index contributed by atoms with van der Waals surface area (Å²) in [5.74, 6) is 0.692. The van der Waals surface area contributed by atoms with E-state index in [1.807, 2.05) is 25.1 Å². The number of esters is 1. The van der Waals surface area contributed by atoms with Crippen LogP contribution in [0.5, 0.6) is 5.75 Å². The van der Waals surface area contributed by atoms with Crippen LogP contribution in [0.3, 0.4) is 0 Å². The lowest BCUT2D eigenvalue weighted by Gasteiger charge is -2.14. The third kappa shape index (κ3) is 6.60. The summed E-state index contributed by atoms with van der Waals surface area (Å²) < 4.78 is 15.5. The van der Waals surface area contributed by atoms with Crippen molar-refractivity contribution in [2.24, 2.45) is 0 Å². The van der Waals surface area contributed by atoms with Gasteiger partial charge in [0.05, 0.1) is 20.3 Å². The second-order valence-corrected chi connectivity index (χ2v) is 4.76. The van der Waals surface area contributed by atoms with Crippen molar-refractivity contribution in [3.8, 4) is 5.75 Å². The lowest BCUT2D eigenvalue weighted by Crippen LogP contribution is -2.19. The van der Waals surface area contributed by atoms with Gasteiger partial charge in [0.1, 0.15) is 5.75 Å². The zero-order valence-corrected chi connectivity index (χ0v) is 13.1. The summed E-state index contributed by atoms with van der Waals surface area (Å²) in [5, 5.41) is 3.31. The van der Waals surface area contributed by atoms with Crippen LogP contribution < -0.4 is 10.1 Å². The van der Waals surface area contributed by atoms with Crippen molar-refractivity contribution in [1.29, 1.82) is 0 Å². The summed E-state index contributed by atoms with van der Waals surface area (Å²) in [6.45, 7) is 4.74. The number of benzene rings is 1. The number of aryl methyl sites for hydroxylation is 1. The molecule has 0 heterocycles. The van der Waals surface area contributed by atoms with Gasteiger partial charge in [0, 0.05) is 32.2 Å². The van der Waals surface area contributed by atoms with Crippen LogP contribution in [0.4, 0.5) is 0 Å². The van der Waals surface area contributed by atoms with Crippen LogP contribution in [0.25, 0.3) is 0 Å². The van der Waals surface area contributed by atoms with E-state index in [4.69, 9.17) is 9.47 Å². The Morgan fingerprint density at radius 1 is 1.24 bits per heavy atom. The van der Waals surface area contributed by atoms with Crippen LogP contribution in [-0.2, 0) is 20.8 Å². The van der Waals surface area contributed by atoms with E-state index in [1.54, 1.807) is 7.11 Å². The minimum absolute atomic E-state index is 0.204. The number of carbonyl (C=O) groups is 1. The topological polar surface area (TPSA) is 56.8 Å². The first kappa shape index (κ1) is 17.5. The number of methoxy groups -OCH3 is 2. The van der Waals surface area contributed by atoms with Crippen molar-refractivity contribution < 1.29 is 19.0 Å². The van der Waals surface area contributed by atoms with Gasteiger partial charge in [-0.2, -0.15) is 0 Å². The van der Waals surface area contributed by atoms with Gasteiger partial charge in [-0.05, 0) is 18.9 Å². The fraction of sp³-hybridized carbons (Fsp3) is 0.562. The van der Waals surface area contributed by atoms with Crippen molar-refractivity contribution >= 4 is 5.97 Å². The van der Waals surface area contributed by atoms with Crippen LogP contribution in [0, 0.1) is 6.92 Å². The summed E-state index contributed by atoms with van der Waals surface area (Å²) >= 11 is 0. The van der Waals surface area contributed by atoms with E-state index in [0.29, 0.717) is 26.1 Å². The quantitative estimate of drug-likeness (QED) is 0.529. The van der Waals surface area contributed by atoms with Gasteiger partial charge < -0.3 is 19.5 Å². The molecule has 0 atom stereocenters. The molecule has 0 aromatic heterocycles. The molecule has 0 fully saturated rings. The van der Waals surface area contributed by atoms with Gasteiger partial charge in [-0.25, -0.2) is 0 Å². The van der Waals surface area contributed by atoms with Gasteiger partial charge in [-0.1, -0.05) is 18.2 Å². The van der Waals surface area contributed by atoms with Gasteiger partial charge in [-0.3, -0.25) is 4.79 Å². The van der Waals surface area contributed by atoms with Crippen molar-refractivity contribution in [2.45, 2.75) is 26.3 Å². The summed E-state index contributed by atoms with van der Waals surface area (Å²) in [6, 6.07) is 6.08. The van der Waals surface area contributed by atoms with Crippen LogP contribution in [0.15, 0.2) is 18.2 Å². The first-order chi connectivity index (χ1) is 10.2. The number of para-hydroxylation sites is 1. The zero-order valence-electron chi connectivity index (χ0n) is 13.1. The van der Waals surface area contributed by atoms with E-state index in [0.717, 1.165) is 30.0 Å². The molecule has 0 spiro atoms. The van der Waals surface area contributed by atoms with Crippen LogP contribution in [0.1, 0.15) is 24.0 Å². The van der Waals surface area contributed by atoms with E-state index in [9.17, 15) is 4.79 Å². The number of hydrogen-bond acceptors (Lipinski definition) is 5. The highest BCUT2D eigenvalue weighted by molar-refractivity contribution is 5.69. The fourth-order valence-electron chi connectivity index (χ4n) is 1.95. The molecule has 0 aliphatic heterocycles. The smallest absolute Gasteiger partial charge is 0.305 e. The number of rotatable bonds is 10. The highest BCUT2D eigenvalue weighted by atomic mass is 16.5. The average molecular weight is 295 g/mol. The van der Waals surface area contributed by atoms with Gasteiger partial charge in [0.25, 0.3) is 0 Å². The predicted molar refractivity (Wildman–Crippen MR) is 81.5 cm³/mol. The Bertz CT molecular complexity index is 434. The molecule has 1 N–H and O–H groups in total. The maximum absolute atomic E-state index is 11.1. The van der Waals surface area contributed by atoms with Gasteiger partial charge in [0.2, 0.25) is 0 Å². The van der Waals surface area contributed by atoms with Gasteiger partial charge >= 0.3 is 5.97 Å². The molecule has 0 aliphatic carbocycles. The predicted octanol–water partition coefficient (Wildman–Crippen LogP) is 2.06. The molecule has 118 valence electrons. The van der Waals surface area contributed by atoms with Crippen LogP contribution in [0.2, 0.25) is 0 Å². The maximum Gasteiger partial charge on any atom is 0.305 e. The maximum atomic E-state index is 11.1. The molecule has 1 aromatic rings. The molecule has 0 unspecified atom stereocenters. The zero-order chi connectivity index (χ0) is 15.5. The standard InChI is InChI=1S/C16H25NO4/c1-13-6-4-7-14(12-17-9-11-19-2)16(13)21-10-5-8-15(18)20-3/h4,6-7,17H,5,8-12H2,1-3H3. The summed E-state index contributed by atoms with van der Waals surface area (Å²) in [7, 11) is 3.08. The Morgan fingerprint density at radius 3 is 2.76 bits per heavy atom. The molecular weight excluding hydrogens is 270 g/mol. The molecule has 0 saturated heterocycles. The second kappa shape index (κ2) is 10.2. The lowest BCUT2D eigenvalue weighted by molar-refractivity contribution is -0.140. The molecule has 21 heavy (non-hydrogen) atoms. The number of nitrogens with one attached hydrogen (secondary N) is 1. The molecule has 5 nitrogen and oxygen atoms in total. The normalized spacial score (nSPS) is 10.4. The number of hydrogen-bond donors (Lipinski definition) is 1. The van der Waals surface area contributed by atoms with Crippen molar-refractivity contribution in [1.82, 2.24) is 5.32 Å². The first-order valence-electron chi connectivity index (χ1n) is 7.16. The minimum atomic E-state index is -0.204. The highest BCUT2D eigenvalue weighted by Crippen LogP contribution is 2.23. The van der Waals surface area contributed by atoms with Crippen molar-refractivity contribution in [3.63, 3.8) is 0 Å². The van der Waals surface area contributed by atoms with E-state index in [2.05, 4.69) is 10.1 Å².